The summed E-state index contributed by atoms with van der Waals surface area (Å²) >= 11 is 2.12. The van der Waals surface area contributed by atoms with E-state index in [0.717, 1.165) is 0 Å². The van der Waals surface area contributed by atoms with Crippen molar-refractivity contribution in [3.63, 3.8) is 0 Å². The molecule has 0 unspecified atom stereocenters. The first-order valence-corrected chi connectivity index (χ1v) is 5.98. The first kappa shape index (κ1) is 8.85. The SMILES string of the molecule is CN1CCC2(CC1)CSCCN2. The lowest BCUT2D eigenvalue weighted by Crippen LogP contribution is -2.57. The lowest BCUT2D eigenvalue weighted by Gasteiger charge is -2.43. The molecule has 2 nitrogen and oxygen atoms in total. The van der Waals surface area contributed by atoms with Crippen molar-refractivity contribution < 1.29 is 0 Å². The van der Waals surface area contributed by atoms with Crippen LogP contribution >= 0.6 is 11.8 Å². The van der Waals surface area contributed by atoms with Crippen molar-refractivity contribution in [2.45, 2.75) is 18.4 Å². The molecule has 2 aliphatic rings. The van der Waals surface area contributed by atoms with Crippen LogP contribution in [-0.4, -0.2) is 48.6 Å². The maximum absolute atomic E-state index is 3.71. The maximum Gasteiger partial charge on any atom is 0.0296 e. The smallest absolute Gasteiger partial charge is 0.0296 e. The van der Waals surface area contributed by atoms with Gasteiger partial charge in [0.15, 0.2) is 0 Å². The van der Waals surface area contributed by atoms with Crippen molar-refractivity contribution in [2.75, 3.05) is 38.2 Å². The van der Waals surface area contributed by atoms with Crippen molar-refractivity contribution in [1.29, 1.82) is 0 Å². The van der Waals surface area contributed by atoms with E-state index < -0.39 is 0 Å². The molecule has 0 saturated carbocycles. The predicted molar refractivity (Wildman–Crippen MR) is 54.8 cm³/mol. The van der Waals surface area contributed by atoms with Gasteiger partial charge in [-0.3, -0.25) is 0 Å². The summed E-state index contributed by atoms with van der Waals surface area (Å²) in [4.78, 5) is 2.44. The standard InChI is InChI=1S/C9H18N2S/c1-11-5-2-9(3-6-11)8-12-7-4-10-9/h10H,2-8H2,1H3. The summed E-state index contributed by atoms with van der Waals surface area (Å²) in [6.45, 7) is 3.76. The second-order valence-electron chi connectivity index (χ2n) is 4.06. The molecule has 0 atom stereocenters. The minimum Gasteiger partial charge on any atom is -0.309 e. The van der Waals surface area contributed by atoms with Gasteiger partial charge in [-0.05, 0) is 33.0 Å². The summed E-state index contributed by atoms with van der Waals surface area (Å²) in [6, 6.07) is 0. The number of nitrogens with zero attached hydrogens (tertiary/aromatic N) is 1. The molecule has 0 aliphatic carbocycles. The molecule has 1 spiro atoms. The van der Waals surface area contributed by atoms with E-state index >= 15 is 0 Å². The van der Waals surface area contributed by atoms with Crippen LogP contribution in [0, 0.1) is 0 Å². The van der Waals surface area contributed by atoms with Gasteiger partial charge >= 0.3 is 0 Å². The van der Waals surface area contributed by atoms with E-state index in [-0.39, 0.29) is 0 Å². The van der Waals surface area contributed by atoms with Gasteiger partial charge in [0, 0.05) is 23.6 Å². The molecule has 2 fully saturated rings. The summed E-state index contributed by atoms with van der Waals surface area (Å²) in [5.41, 5.74) is 0.509. The third-order valence-corrected chi connectivity index (χ3v) is 4.32. The van der Waals surface area contributed by atoms with E-state index in [2.05, 4.69) is 29.0 Å². The zero-order chi connectivity index (χ0) is 8.44. The molecule has 0 aromatic rings. The van der Waals surface area contributed by atoms with Crippen molar-refractivity contribution in [2.24, 2.45) is 0 Å². The highest BCUT2D eigenvalue weighted by molar-refractivity contribution is 7.99. The monoisotopic (exact) mass is 186 g/mol. The quantitative estimate of drug-likeness (QED) is 0.602. The lowest BCUT2D eigenvalue weighted by atomic mass is 9.89. The molecular weight excluding hydrogens is 168 g/mol. The topological polar surface area (TPSA) is 15.3 Å². The fourth-order valence-corrected chi connectivity index (χ4v) is 3.25. The first-order valence-electron chi connectivity index (χ1n) is 4.82. The van der Waals surface area contributed by atoms with Crippen molar-refractivity contribution in [3.05, 3.63) is 0 Å². The Balaban J connectivity index is 1.92. The Morgan fingerprint density at radius 1 is 1.33 bits per heavy atom. The summed E-state index contributed by atoms with van der Waals surface area (Å²) in [5, 5.41) is 3.71. The van der Waals surface area contributed by atoms with Crippen LogP contribution in [0.2, 0.25) is 0 Å². The Kier molecular flexibility index (Phi) is 2.63. The average Bonchev–Trinajstić information content (AvgIpc) is 2.13. The van der Waals surface area contributed by atoms with Gasteiger partial charge < -0.3 is 10.2 Å². The van der Waals surface area contributed by atoms with Gasteiger partial charge in [0.25, 0.3) is 0 Å². The number of rotatable bonds is 0. The normalized spacial score (nSPS) is 30.8. The number of thioether (sulfide) groups is 1. The molecule has 0 bridgehead atoms. The van der Waals surface area contributed by atoms with Crippen LogP contribution in [0.25, 0.3) is 0 Å². The number of hydrogen-bond donors (Lipinski definition) is 1. The van der Waals surface area contributed by atoms with E-state index in [0.29, 0.717) is 5.54 Å². The zero-order valence-corrected chi connectivity index (χ0v) is 8.62. The molecule has 12 heavy (non-hydrogen) atoms. The van der Waals surface area contributed by atoms with Crippen LogP contribution in [0.1, 0.15) is 12.8 Å². The summed E-state index contributed by atoms with van der Waals surface area (Å²) in [6.07, 6.45) is 2.69. The highest BCUT2D eigenvalue weighted by Crippen LogP contribution is 2.28. The summed E-state index contributed by atoms with van der Waals surface area (Å²) in [7, 11) is 2.23. The van der Waals surface area contributed by atoms with Crippen molar-refractivity contribution >= 4 is 11.8 Å². The number of nitrogens with one attached hydrogen (secondary N) is 1. The van der Waals surface area contributed by atoms with Crippen LogP contribution in [0.15, 0.2) is 0 Å². The third kappa shape index (κ3) is 1.78. The van der Waals surface area contributed by atoms with E-state index in [1.165, 1.54) is 44.0 Å². The fourth-order valence-electron chi connectivity index (χ4n) is 2.07. The molecule has 2 heterocycles. The van der Waals surface area contributed by atoms with E-state index in [1.807, 2.05) is 0 Å². The molecule has 1 N–H and O–H groups in total. The lowest BCUT2D eigenvalue weighted by molar-refractivity contribution is 0.174. The second kappa shape index (κ2) is 3.56. The van der Waals surface area contributed by atoms with Gasteiger partial charge in [0.05, 0.1) is 0 Å². The van der Waals surface area contributed by atoms with Crippen LogP contribution in [0.3, 0.4) is 0 Å². The minimum absolute atomic E-state index is 0.509. The van der Waals surface area contributed by atoms with Crippen LogP contribution in [0.5, 0.6) is 0 Å². The van der Waals surface area contributed by atoms with Crippen LogP contribution < -0.4 is 5.32 Å². The number of hydrogen-bond acceptors (Lipinski definition) is 3. The Morgan fingerprint density at radius 3 is 2.67 bits per heavy atom. The zero-order valence-electron chi connectivity index (χ0n) is 7.81. The molecular formula is C9H18N2S. The van der Waals surface area contributed by atoms with Gasteiger partial charge in [0.1, 0.15) is 0 Å². The van der Waals surface area contributed by atoms with E-state index in [1.54, 1.807) is 0 Å². The van der Waals surface area contributed by atoms with Gasteiger partial charge in [-0.15, -0.1) is 0 Å². The first-order chi connectivity index (χ1) is 5.81. The predicted octanol–water partition coefficient (Wildman–Crippen LogP) is 0.787. The van der Waals surface area contributed by atoms with Gasteiger partial charge in [-0.2, -0.15) is 11.8 Å². The second-order valence-corrected chi connectivity index (χ2v) is 5.17. The Labute approximate surface area is 79.1 Å². The molecule has 0 aromatic heterocycles. The molecule has 0 aromatic carbocycles. The molecule has 70 valence electrons. The highest BCUT2D eigenvalue weighted by Gasteiger charge is 2.34. The highest BCUT2D eigenvalue weighted by atomic mass is 32.2. The molecule has 0 amide bonds. The Hall–Kier alpha value is 0.270. The van der Waals surface area contributed by atoms with E-state index in [9.17, 15) is 0 Å². The van der Waals surface area contributed by atoms with Crippen molar-refractivity contribution in [1.82, 2.24) is 10.2 Å². The fraction of sp³-hybridized carbons (Fsp3) is 1.00. The Morgan fingerprint density at radius 2 is 2.08 bits per heavy atom. The average molecular weight is 186 g/mol. The van der Waals surface area contributed by atoms with Crippen LogP contribution in [0.4, 0.5) is 0 Å². The molecule has 2 aliphatic heterocycles. The number of likely N-dealkylation sites (tertiary alicyclic amines) is 1. The van der Waals surface area contributed by atoms with Crippen molar-refractivity contribution in [3.8, 4) is 0 Å². The summed E-state index contributed by atoms with van der Waals surface area (Å²) < 4.78 is 0. The number of piperidine rings is 1. The molecule has 3 heteroatoms. The van der Waals surface area contributed by atoms with Gasteiger partial charge in [-0.1, -0.05) is 0 Å². The Bertz CT molecular complexity index is 145. The van der Waals surface area contributed by atoms with Crippen LogP contribution in [-0.2, 0) is 0 Å². The maximum atomic E-state index is 3.71. The van der Waals surface area contributed by atoms with E-state index in [4.69, 9.17) is 0 Å². The van der Waals surface area contributed by atoms with Gasteiger partial charge in [-0.25, -0.2) is 0 Å². The molecule has 2 rings (SSSR count). The summed E-state index contributed by atoms with van der Waals surface area (Å²) in [5.74, 6) is 2.64. The minimum atomic E-state index is 0.509. The third-order valence-electron chi connectivity index (χ3n) is 3.07. The van der Waals surface area contributed by atoms with Gasteiger partial charge in [0.2, 0.25) is 0 Å². The molecule has 2 saturated heterocycles. The molecule has 0 radical (unpaired) electrons. The largest absolute Gasteiger partial charge is 0.309 e.